The fourth-order valence-corrected chi connectivity index (χ4v) is 2.24. The molecule has 2 aromatic rings. The van der Waals surface area contributed by atoms with Crippen molar-refractivity contribution in [1.29, 1.82) is 0 Å². The van der Waals surface area contributed by atoms with Crippen LogP contribution in [-0.4, -0.2) is 16.8 Å². The van der Waals surface area contributed by atoms with Gasteiger partial charge in [-0.15, -0.1) is 0 Å². The van der Waals surface area contributed by atoms with Crippen LogP contribution in [0.5, 0.6) is 0 Å². The highest BCUT2D eigenvalue weighted by Crippen LogP contribution is 2.32. The number of carbonyl (C=O) groups is 2. The van der Waals surface area contributed by atoms with Gasteiger partial charge in [-0.2, -0.15) is 0 Å². The minimum absolute atomic E-state index is 0.286. The fraction of sp³-hybridized carbons (Fsp3) is 0. The molecule has 0 saturated heterocycles. The van der Waals surface area contributed by atoms with E-state index in [1.54, 1.807) is 12.1 Å². The van der Waals surface area contributed by atoms with E-state index in [0.29, 0.717) is 21.8 Å². The Morgan fingerprint density at radius 1 is 0.947 bits per heavy atom. The molecule has 19 heavy (non-hydrogen) atoms. The van der Waals surface area contributed by atoms with E-state index in [1.807, 2.05) is 0 Å². The minimum Gasteiger partial charge on any atom is -0.268 e. The lowest BCUT2D eigenvalue weighted by atomic mass is 10.2. The average molecular weight is 293 g/mol. The highest BCUT2D eigenvalue weighted by Gasteiger charge is 2.36. The smallest absolute Gasteiger partial charge is 0.267 e. The van der Waals surface area contributed by atoms with Gasteiger partial charge >= 0.3 is 0 Å². The first kappa shape index (κ1) is 12.1. The molecule has 0 bridgehead atoms. The molecule has 6 heteroatoms. The number of rotatable bonds is 1. The third-order valence-corrected chi connectivity index (χ3v) is 3.59. The van der Waals surface area contributed by atoms with Crippen LogP contribution in [0, 0.1) is 0 Å². The van der Waals surface area contributed by atoms with Crippen molar-refractivity contribution in [3.05, 3.63) is 57.8 Å². The SMILES string of the molecule is O=C1c2ccncc2C(=O)N1c1ccc(Cl)c(Cl)c1. The summed E-state index contributed by atoms with van der Waals surface area (Å²) in [5.74, 6) is -0.799. The maximum absolute atomic E-state index is 12.2. The van der Waals surface area contributed by atoms with Gasteiger partial charge in [-0.3, -0.25) is 14.6 Å². The van der Waals surface area contributed by atoms with Crippen molar-refractivity contribution >= 4 is 40.7 Å². The summed E-state index contributed by atoms with van der Waals surface area (Å²) in [7, 11) is 0. The molecule has 0 radical (unpaired) electrons. The Morgan fingerprint density at radius 3 is 2.37 bits per heavy atom. The number of amides is 2. The summed E-state index contributed by atoms with van der Waals surface area (Å²) in [6, 6.07) is 6.12. The third kappa shape index (κ3) is 1.80. The van der Waals surface area contributed by atoms with Gasteiger partial charge in [-0.05, 0) is 24.3 Å². The largest absolute Gasteiger partial charge is 0.268 e. The van der Waals surface area contributed by atoms with Crippen molar-refractivity contribution in [2.75, 3.05) is 4.90 Å². The Bertz CT molecular complexity index is 681. The van der Waals surface area contributed by atoms with Crippen LogP contribution in [0.4, 0.5) is 5.69 Å². The number of pyridine rings is 1. The van der Waals surface area contributed by atoms with E-state index in [4.69, 9.17) is 23.2 Å². The lowest BCUT2D eigenvalue weighted by Gasteiger charge is -2.14. The van der Waals surface area contributed by atoms with Gasteiger partial charge in [0.15, 0.2) is 0 Å². The number of imide groups is 1. The van der Waals surface area contributed by atoms with E-state index in [9.17, 15) is 9.59 Å². The Balaban J connectivity index is 2.11. The highest BCUT2D eigenvalue weighted by molar-refractivity contribution is 6.42. The molecule has 0 fully saturated rings. The molecule has 0 aliphatic carbocycles. The van der Waals surface area contributed by atoms with Gasteiger partial charge in [0.25, 0.3) is 11.8 Å². The van der Waals surface area contributed by atoms with Crippen LogP contribution in [0.2, 0.25) is 10.0 Å². The van der Waals surface area contributed by atoms with Crippen molar-refractivity contribution in [3.8, 4) is 0 Å². The zero-order valence-electron chi connectivity index (χ0n) is 9.43. The molecule has 1 aliphatic heterocycles. The molecule has 2 heterocycles. The Labute approximate surface area is 118 Å². The van der Waals surface area contributed by atoms with Crippen LogP contribution in [0.1, 0.15) is 20.7 Å². The van der Waals surface area contributed by atoms with Crippen molar-refractivity contribution in [2.45, 2.75) is 0 Å². The first-order chi connectivity index (χ1) is 9.09. The summed E-state index contributed by atoms with van der Waals surface area (Å²) in [6.07, 6.45) is 2.86. The molecule has 0 saturated carbocycles. The molecule has 1 aliphatic rings. The molecule has 4 nitrogen and oxygen atoms in total. The van der Waals surface area contributed by atoms with Crippen molar-refractivity contribution < 1.29 is 9.59 Å². The quantitative estimate of drug-likeness (QED) is 0.759. The molecule has 3 rings (SSSR count). The van der Waals surface area contributed by atoms with Crippen LogP contribution in [-0.2, 0) is 0 Å². The molecule has 2 amide bonds. The Morgan fingerprint density at radius 2 is 1.68 bits per heavy atom. The topological polar surface area (TPSA) is 50.3 Å². The summed E-state index contributed by atoms with van der Waals surface area (Å²) >= 11 is 11.7. The predicted molar refractivity (Wildman–Crippen MR) is 71.8 cm³/mol. The van der Waals surface area contributed by atoms with E-state index in [-0.39, 0.29) is 10.9 Å². The second-order valence-electron chi connectivity index (χ2n) is 3.97. The number of benzene rings is 1. The van der Waals surface area contributed by atoms with Crippen LogP contribution in [0.3, 0.4) is 0 Å². The summed E-state index contributed by atoms with van der Waals surface area (Å²) in [6.45, 7) is 0. The molecule has 94 valence electrons. The Hall–Kier alpha value is -1.91. The number of carbonyl (C=O) groups excluding carboxylic acids is 2. The van der Waals surface area contributed by atoms with Crippen LogP contribution < -0.4 is 4.90 Å². The summed E-state index contributed by atoms with van der Waals surface area (Å²) in [5, 5.41) is 0.651. The lowest BCUT2D eigenvalue weighted by molar-refractivity contribution is 0.0926. The number of nitrogens with zero attached hydrogens (tertiary/aromatic N) is 2. The van der Waals surface area contributed by atoms with Gasteiger partial charge in [0, 0.05) is 12.4 Å². The molecular formula is C13H6Cl2N2O2. The number of hydrogen-bond donors (Lipinski definition) is 0. The van der Waals surface area contributed by atoms with E-state index in [2.05, 4.69) is 4.98 Å². The molecule has 1 aromatic heterocycles. The van der Waals surface area contributed by atoms with Gasteiger partial charge in [0.2, 0.25) is 0 Å². The van der Waals surface area contributed by atoms with Crippen LogP contribution >= 0.6 is 23.2 Å². The molecule has 1 aromatic carbocycles. The number of fused-ring (bicyclic) bond motifs is 1. The lowest BCUT2D eigenvalue weighted by Crippen LogP contribution is -2.29. The second-order valence-corrected chi connectivity index (χ2v) is 4.78. The standard InChI is InChI=1S/C13H6Cl2N2O2/c14-10-2-1-7(5-11(10)15)17-12(18)8-3-4-16-6-9(8)13(17)19/h1-6H. The molecule has 0 N–H and O–H groups in total. The fourth-order valence-electron chi connectivity index (χ4n) is 1.94. The average Bonchev–Trinajstić information content (AvgIpc) is 2.66. The first-order valence-corrected chi connectivity index (χ1v) is 6.13. The summed E-state index contributed by atoms with van der Waals surface area (Å²) < 4.78 is 0. The van der Waals surface area contributed by atoms with Gasteiger partial charge < -0.3 is 0 Å². The number of hydrogen-bond acceptors (Lipinski definition) is 3. The maximum Gasteiger partial charge on any atom is 0.267 e. The van der Waals surface area contributed by atoms with E-state index in [0.717, 1.165) is 4.90 Å². The van der Waals surface area contributed by atoms with Crippen molar-refractivity contribution in [3.63, 3.8) is 0 Å². The zero-order chi connectivity index (χ0) is 13.6. The summed E-state index contributed by atoms with van der Waals surface area (Å²) in [5.41, 5.74) is 1.02. The highest BCUT2D eigenvalue weighted by atomic mass is 35.5. The third-order valence-electron chi connectivity index (χ3n) is 2.85. The van der Waals surface area contributed by atoms with Gasteiger partial charge in [-0.25, -0.2) is 4.90 Å². The van der Waals surface area contributed by atoms with Gasteiger partial charge in [0.05, 0.1) is 26.9 Å². The molecule has 0 unspecified atom stereocenters. The maximum atomic E-state index is 12.2. The van der Waals surface area contributed by atoms with Crippen molar-refractivity contribution in [2.24, 2.45) is 0 Å². The molecule has 0 spiro atoms. The van der Waals surface area contributed by atoms with Crippen LogP contribution in [0.15, 0.2) is 36.7 Å². The first-order valence-electron chi connectivity index (χ1n) is 5.37. The van der Waals surface area contributed by atoms with Crippen molar-refractivity contribution in [1.82, 2.24) is 4.98 Å². The molecule has 0 atom stereocenters. The van der Waals surface area contributed by atoms with E-state index in [1.165, 1.54) is 24.5 Å². The molecular weight excluding hydrogens is 287 g/mol. The zero-order valence-corrected chi connectivity index (χ0v) is 10.9. The predicted octanol–water partition coefficient (Wildman–Crippen LogP) is 3.19. The van der Waals surface area contributed by atoms with Crippen LogP contribution in [0.25, 0.3) is 0 Å². The number of anilines is 1. The normalized spacial score (nSPS) is 13.9. The van der Waals surface area contributed by atoms with Gasteiger partial charge in [0.1, 0.15) is 0 Å². The van der Waals surface area contributed by atoms with Gasteiger partial charge in [-0.1, -0.05) is 23.2 Å². The Kier molecular flexibility index (Phi) is 2.77. The van der Waals surface area contributed by atoms with E-state index < -0.39 is 5.91 Å². The summed E-state index contributed by atoms with van der Waals surface area (Å²) in [4.78, 5) is 29.3. The number of aromatic nitrogens is 1. The number of halogens is 2. The van der Waals surface area contributed by atoms with E-state index >= 15 is 0 Å². The minimum atomic E-state index is -0.411. The monoisotopic (exact) mass is 292 g/mol. The second kappa shape index (κ2) is 4.33.